The molecule has 1 saturated heterocycles. The number of aromatic nitrogens is 2. The van der Waals surface area contributed by atoms with E-state index in [1.807, 2.05) is 0 Å². The predicted octanol–water partition coefficient (Wildman–Crippen LogP) is 1.95. The molecule has 8 nitrogen and oxygen atoms in total. The molecule has 0 atom stereocenters. The number of rotatable bonds is 5. The van der Waals surface area contributed by atoms with Crippen LogP contribution in [-0.2, 0) is 9.59 Å². The van der Waals surface area contributed by atoms with Crippen molar-refractivity contribution in [2.45, 2.75) is 58.0 Å². The van der Waals surface area contributed by atoms with E-state index in [0.717, 1.165) is 25.9 Å². The minimum absolute atomic E-state index is 0.0512. The number of anilines is 1. The second-order valence-electron chi connectivity index (χ2n) is 9.64. The van der Waals surface area contributed by atoms with Gasteiger partial charge in [0.25, 0.3) is 0 Å². The molecule has 8 heteroatoms. The third kappa shape index (κ3) is 2.80. The van der Waals surface area contributed by atoms with Gasteiger partial charge in [-0.3, -0.25) is 9.59 Å². The minimum atomic E-state index is -0.453. The number of carbonyl (C=O) groups excluding carboxylic acids is 2. The predicted molar refractivity (Wildman–Crippen MR) is 114 cm³/mol. The molecule has 1 aromatic carbocycles. The summed E-state index contributed by atoms with van der Waals surface area (Å²) in [5, 5.41) is 6.35. The van der Waals surface area contributed by atoms with Gasteiger partial charge in [0.05, 0.1) is 27.6 Å². The summed E-state index contributed by atoms with van der Waals surface area (Å²) in [6.45, 7) is 6.08. The Bertz CT molecular complexity index is 1040. The average molecular weight is 412 g/mol. The highest BCUT2D eigenvalue weighted by Crippen LogP contribution is 2.74. The number of imidazole rings is 1. The van der Waals surface area contributed by atoms with Crippen molar-refractivity contribution in [1.29, 1.82) is 0 Å². The number of carbonyl (C=O) groups is 2. The molecule has 3 saturated carbocycles. The van der Waals surface area contributed by atoms with E-state index in [1.165, 1.54) is 0 Å². The molecular formula is C22H29N5O3. The number of nitrogens with zero attached hydrogens (tertiary/aromatic N) is 1. The summed E-state index contributed by atoms with van der Waals surface area (Å²) >= 11 is 0. The molecule has 2 heterocycles. The Hall–Kier alpha value is -2.61. The maximum absolute atomic E-state index is 13.5. The van der Waals surface area contributed by atoms with Gasteiger partial charge in [0, 0.05) is 12.1 Å². The lowest BCUT2D eigenvalue weighted by Gasteiger charge is -2.69. The molecule has 2 amide bonds. The largest absolute Gasteiger partial charge is 0.337 e. The Morgan fingerprint density at radius 2 is 1.80 bits per heavy atom. The van der Waals surface area contributed by atoms with E-state index in [9.17, 15) is 14.4 Å². The lowest BCUT2D eigenvalue weighted by Crippen LogP contribution is -2.73. The molecule has 0 unspecified atom stereocenters. The van der Waals surface area contributed by atoms with Crippen LogP contribution in [0.5, 0.6) is 0 Å². The second-order valence-corrected chi connectivity index (χ2v) is 9.64. The molecule has 2 bridgehead atoms. The molecule has 3 aliphatic carbocycles. The van der Waals surface area contributed by atoms with Crippen LogP contribution in [0.15, 0.2) is 23.0 Å². The Balaban J connectivity index is 1.28. The first-order valence-corrected chi connectivity index (χ1v) is 10.9. The number of fused-ring (bicyclic) bond motifs is 1. The second kappa shape index (κ2) is 6.70. The first kappa shape index (κ1) is 19.4. The fourth-order valence-electron chi connectivity index (χ4n) is 5.85. The third-order valence-corrected chi connectivity index (χ3v) is 7.26. The Labute approximate surface area is 174 Å². The van der Waals surface area contributed by atoms with E-state index in [2.05, 4.69) is 39.3 Å². The van der Waals surface area contributed by atoms with Crippen LogP contribution in [0.1, 0.15) is 46.0 Å². The van der Waals surface area contributed by atoms with Gasteiger partial charge in [-0.15, -0.1) is 0 Å². The number of nitrogens with one attached hydrogen (secondary N) is 4. The molecular weight excluding hydrogens is 382 g/mol. The van der Waals surface area contributed by atoms with Gasteiger partial charge < -0.3 is 25.5 Å². The lowest BCUT2D eigenvalue weighted by molar-refractivity contribution is -0.215. The van der Waals surface area contributed by atoms with Crippen LogP contribution in [-0.4, -0.2) is 51.9 Å². The summed E-state index contributed by atoms with van der Waals surface area (Å²) in [5.74, 6) is 0.181. The monoisotopic (exact) mass is 411 g/mol. The van der Waals surface area contributed by atoms with Crippen molar-refractivity contribution in [3.8, 4) is 0 Å². The summed E-state index contributed by atoms with van der Waals surface area (Å²) in [6, 6.07) is 5.84. The van der Waals surface area contributed by atoms with Crippen LogP contribution >= 0.6 is 0 Å². The first-order chi connectivity index (χ1) is 14.3. The van der Waals surface area contributed by atoms with Gasteiger partial charge in [-0.2, -0.15) is 0 Å². The van der Waals surface area contributed by atoms with Gasteiger partial charge in [-0.05, 0) is 71.2 Å². The van der Waals surface area contributed by atoms with Crippen molar-refractivity contribution in [2.75, 3.05) is 18.4 Å². The standard InChI is InChI=1S/C22H29N5O3/c1-13(2)27(14-6-8-23-9-7-14)19(29)22-10-21(11-22,12-22)18(28)24-15-4-3-5-16-17(15)26-20(30)25-16/h3-5,13-14,23H,6-12H2,1-2H3,(H,24,28)(H2,25,26,30). The molecule has 1 aromatic heterocycles. The van der Waals surface area contributed by atoms with Crippen molar-refractivity contribution < 1.29 is 9.59 Å². The molecule has 0 radical (unpaired) electrons. The maximum atomic E-state index is 13.5. The van der Waals surface area contributed by atoms with Gasteiger partial charge in [0.2, 0.25) is 11.8 Å². The lowest BCUT2D eigenvalue weighted by atomic mass is 9.34. The topological polar surface area (TPSA) is 110 Å². The maximum Gasteiger partial charge on any atom is 0.323 e. The van der Waals surface area contributed by atoms with Crippen LogP contribution in [0.4, 0.5) is 5.69 Å². The Morgan fingerprint density at radius 3 is 2.47 bits per heavy atom. The number of hydrogen-bond donors (Lipinski definition) is 4. The average Bonchev–Trinajstić information content (AvgIpc) is 3.01. The van der Waals surface area contributed by atoms with E-state index in [4.69, 9.17) is 0 Å². The van der Waals surface area contributed by atoms with Gasteiger partial charge in [-0.1, -0.05) is 6.07 Å². The molecule has 30 heavy (non-hydrogen) atoms. The number of benzene rings is 1. The van der Waals surface area contributed by atoms with Crippen LogP contribution in [0.2, 0.25) is 0 Å². The number of aromatic amines is 2. The zero-order chi connectivity index (χ0) is 21.1. The smallest absolute Gasteiger partial charge is 0.323 e. The summed E-state index contributed by atoms with van der Waals surface area (Å²) in [6.07, 6.45) is 3.85. The SMILES string of the molecule is CC(C)N(C(=O)C12CC(C(=O)Nc3cccc4[nH]c(=O)[nH]c34)(C1)C2)C1CCNCC1. The third-order valence-electron chi connectivity index (χ3n) is 7.26. The highest BCUT2D eigenvalue weighted by Gasteiger charge is 2.75. The number of hydrogen-bond acceptors (Lipinski definition) is 4. The number of piperidine rings is 1. The van der Waals surface area contributed by atoms with Crippen molar-refractivity contribution in [3.05, 3.63) is 28.7 Å². The first-order valence-electron chi connectivity index (χ1n) is 10.9. The molecule has 0 spiro atoms. The van der Waals surface area contributed by atoms with Crippen molar-refractivity contribution >= 4 is 28.5 Å². The quantitative estimate of drug-likeness (QED) is 0.603. The summed E-state index contributed by atoms with van der Waals surface area (Å²) in [4.78, 5) is 45.6. The van der Waals surface area contributed by atoms with E-state index >= 15 is 0 Å². The van der Waals surface area contributed by atoms with Crippen LogP contribution in [0, 0.1) is 10.8 Å². The van der Waals surface area contributed by atoms with Gasteiger partial charge >= 0.3 is 5.69 Å². The molecule has 4 N–H and O–H groups in total. The fraction of sp³-hybridized carbons (Fsp3) is 0.591. The molecule has 6 rings (SSSR count). The van der Waals surface area contributed by atoms with E-state index in [0.29, 0.717) is 42.0 Å². The summed E-state index contributed by atoms with van der Waals surface area (Å²) in [5.41, 5.74) is 0.751. The van der Waals surface area contributed by atoms with Crippen LogP contribution in [0.25, 0.3) is 11.0 Å². The molecule has 4 fully saturated rings. The Morgan fingerprint density at radius 1 is 1.10 bits per heavy atom. The van der Waals surface area contributed by atoms with Crippen molar-refractivity contribution in [3.63, 3.8) is 0 Å². The van der Waals surface area contributed by atoms with Crippen LogP contribution in [0.3, 0.4) is 0 Å². The van der Waals surface area contributed by atoms with E-state index in [-0.39, 0.29) is 29.0 Å². The number of H-pyrrole nitrogens is 2. The van der Waals surface area contributed by atoms with E-state index < -0.39 is 5.41 Å². The fourth-order valence-corrected chi connectivity index (χ4v) is 5.85. The van der Waals surface area contributed by atoms with Crippen molar-refractivity contribution in [2.24, 2.45) is 10.8 Å². The Kier molecular flexibility index (Phi) is 4.32. The van der Waals surface area contributed by atoms with Crippen molar-refractivity contribution in [1.82, 2.24) is 20.2 Å². The molecule has 160 valence electrons. The molecule has 4 aliphatic rings. The highest BCUT2D eigenvalue weighted by molar-refractivity contribution is 6.05. The molecule has 1 aliphatic heterocycles. The number of para-hydroxylation sites is 1. The zero-order valence-corrected chi connectivity index (χ0v) is 17.5. The summed E-state index contributed by atoms with van der Waals surface area (Å²) < 4.78 is 0. The van der Waals surface area contributed by atoms with E-state index in [1.54, 1.807) is 18.2 Å². The van der Waals surface area contributed by atoms with Gasteiger partial charge in [-0.25, -0.2) is 4.79 Å². The molecule has 2 aromatic rings. The minimum Gasteiger partial charge on any atom is -0.337 e. The normalized spacial score (nSPS) is 28.1. The summed E-state index contributed by atoms with van der Waals surface area (Å²) in [7, 11) is 0. The van der Waals surface area contributed by atoms with Crippen LogP contribution < -0.4 is 16.3 Å². The zero-order valence-electron chi connectivity index (χ0n) is 17.5. The van der Waals surface area contributed by atoms with Gasteiger partial charge in [0.15, 0.2) is 0 Å². The number of amides is 2. The highest BCUT2D eigenvalue weighted by atomic mass is 16.2. The van der Waals surface area contributed by atoms with Gasteiger partial charge in [0.1, 0.15) is 0 Å².